The van der Waals surface area contributed by atoms with Crippen LogP contribution in [-0.2, 0) is 14.4 Å². The van der Waals surface area contributed by atoms with Crippen LogP contribution >= 0.6 is 0 Å². The summed E-state index contributed by atoms with van der Waals surface area (Å²) in [5, 5.41) is 5.16. The Kier molecular flexibility index (Phi) is 3.87. The van der Waals surface area contributed by atoms with Gasteiger partial charge in [0.15, 0.2) is 0 Å². The number of likely N-dealkylation sites (N-methyl/N-ethyl adjacent to an activating group) is 1. The van der Waals surface area contributed by atoms with Crippen molar-refractivity contribution in [2.75, 3.05) is 13.6 Å². The largest absolute Gasteiger partial charge is 0.354 e. The van der Waals surface area contributed by atoms with Gasteiger partial charge in [-0.05, 0) is 13.3 Å². The number of amides is 3. The van der Waals surface area contributed by atoms with Crippen molar-refractivity contribution in [2.24, 2.45) is 0 Å². The van der Waals surface area contributed by atoms with Crippen LogP contribution in [0.1, 0.15) is 20.3 Å². The first kappa shape index (κ1) is 12.5. The highest BCUT2D eigenvalue weighted by Crippen LogP contribution is 2.09. The van der Waals surface area contributed by atoms with E-state index in [1.54, 1.807) is 14.0 Å². The third-order valence-electron chi connectivity index (χ3n) is 2.62. The normalized spacial score (nSPS) is 21.2. The van der Waals surface area contributed by atoms with Crippen LogP contribution in [0.3, 0.4) is 0 Å². The Bertz CT molecular complexity index is 316. The van der Waals surface area contributed by atoms with Gasteiger partial charge in [-0.25, -0.2) is 0 Å². The smallest absolute Gasteiger partial charge is 0.245 e. The molecule has 0 spiro atoms. The highest BCUT2D eigenvalue weighted by Gasteiger charge is 2.32. The average Bonchev–Trinajstić information content (AvgIpc) is 2.61. The minimum Gasteiger partial charge on any atom is -0.354 e. The molecular formula is C10H17N3O3. The van der Waals surface area contributed by atoms with Crippen LogP contribution in [0.5, 0.6) is 0 Å². The highest BCUT2D eigenvalue weighted by molar-refractivity contribution is 5.92. The maximum Gasteiger partial charge on any atom is 0.245 e. The fourth-order valence-electron chi connectivity index (χ4n) is 1.78. The molecule has 90 valence electrons. The lowest BCUT2D eigenvalue weighted by Gasteiger charge is -2.25. The molecule has 2 atom stereocenters. The Morgan fingerprint density at radius 1 is 1.56 bits per heavy atom. The Morgan fingerprint density at radius 3 is 2.62 bits per heavy atom. The molecule has 2 N–H and O–H groups in total. The molecule has 1 fully saturated rings. The molecule has 0 aromatic heterocycles. The van der Waals surface area contributed by atoms with E-state index in [9.17, 15) is 14.4 Å². The predicted octanol–water partition coefficient (Wildman–Crippen LogP) is -1.14. The first-order chi connectivity index (χ1) is 7.43. The van der Waals surface area contributed by atoms with Crippen molar-refractivity contribution in [3.63, 3.8) is 0 Å². The number of hydrogen-bond donors (Lipinski definition) is 2. The summed E-state index contributed by atoms with van der Waals surface area (Å²) in [6, 6.07) is -1.01. The molecule has 1 aliphatic heterocycles. The molecule has 1 saturated heterocycles. The number of carbonyl (C=O) groups is 3. The van der Waals surface area contributed by atoms with Crippen LogP contribution in [0.4, 0.5) is 0 Å². The molecule has 6 nitrogen and oxygen atoms in total. The van der Waals surface area contributed by atoms with Gasteiger partial charge in [0.25, 0.3) is 0 Å². The molecule has 16 heavy (non-hydrogen) atoms. The summed E-state index contributed by atoms with van der Waals surface area (Å²) in [5.74, 6) is -0.645. The van der Waals surface area contributed by atoms with E-state index in [2.05, 4.69) is 10.6 Å². The van der Waals surface area contributed by atoms with Crippen LogP contribution in [0.2, 0.25) is 0 Å². The first-order valence-corrected chi connectivity index (χ1v) is 5.25. The molecular weight excluding hydrogens is 210 g/mol. The van der Waals surface area contributed by atoms with Crippen LogP contribution in [0, 0.1) is 0 Å². The zero-order valence-electron chi connectivity index (χ0n) is 9.74. The van der Waals surface area contributed by atoms with Crippen LogP contribution in [0.15, 0.2) is 0 Å². The lowest BCUT2D eigenvalue weighted by Crippen LogP contribution is -2.50. The van der Waals surface area contributed by atoms with Gasteiger partial charge in [-0.3, -0.25) is 14.4 Å². The molecule has 6 heteroatoms. The van der Waals surface area contributed by atoms with Gasteiger partial charge in [0.1, 0.15) is 12.1 Å². The monoisotopic (exact) mass is 227 g/mol. The van der Waals surface area contributed by atoms with E-state index >= 15 is 0 Å². The van der Waals surface area contributed by atoms with E-state index in [1.165, 1.54) is 11.8 Å². The predicted molar refractivity (Wildman–Crippen MR) is 57.5 cm³/mol. The first-order valence-electron chi connectivity index (χ1n) is 5.25. The van der Waals surface area contributed by atoms with Gasteiger partial charge < -0.3 is 15.5 Å². The number of nitrogens with zero attached hydrogens (tertiary/aromatic N) is 1. The SMILES string of the molecule is CC(=O)NC(C)C(=O)N(C)C1CCNC1=O. The van der Waals surface area contributed by atoms with Gasteiger partial charge >= 0.3 is 0 Å². The number of carbonyl (C=O) groups excluding carboxylic acids is 3. The maximum absolute atomic E-state index is 11.8. The van der Waals surface area contributed by atoms with Crippen molar-refractivity contribution in [3.05, 3.63) is 0 Å². The standard InChI is InChI=1S/C10H17N3O3/c1-6(12-7(2)14)10(16)13(3)8-4-5-11-9(8)15/h6,8H,4-5H2,1-3H3,(H,11,15)(H,12,14). The zero-order valence-corrected chi connectivity index (χ0v) is 9.74. The Labute approximate surface area is 94.4 Å². The number of rotatable bonds is 3. The quantitative estimate of drug-likeness (QED) is 0.639. The summed E-state index contributed by atoms with van der Waals surface area (Å²) >= 11 is 0. The van der Waals surface area contributed by atoms with E-state index in [0.29, 0.717) is 13.0 Å². The average molecular weight is 227 g/mol. The van der Waals surface area contributed by atoms with Crippen LogP contribution < -0.4 is 10.6 Å². The number of nitrogens with one attached hydrogen (secondary N) is 2. The second kappa shape index (κ2) is 4.96. The Balaban J connectivity index is 2.59. The van der Waals surface area contributed by atoms with E-state index in [4.69, 9.17) is 0 Å². The van der Waals surface area contributed by atoms with Crippen LogP contribution in [-0.4, -0.2) is 48.3 Å². The van der Waals surface area contributed by atoms with Crippen molar-refractivity contribution in [1.29, 1.82) is 0 Å². The van der Waals surface area contributed by atoms with Crippen molar-refractivity contribution < 1.29 is 14.4 Å². The molecule has 0 saturated carbocycles. The summed E-state index contributed by atoms with van der Waals surface area (Å²) in [4.78, 5) is 35.4. The molecule has 1 rings (SSSR count). The maximum atomic E-state index is 11.8. The molecule has 0 aromatic carbocycles. The lowest BCUT2D eigenvalue weighted by molar-refractivity contribution is -0.139. The van der Waals surface area contributed by atoms with E-state index in [-0.39, 0.29) is 17.7 Å². The van der Waals surface area contributed by atoms with Gasteiger partial charge in [0.05, 0.1) is 0 Å². The van der Waals surface area contributed by atoms with Gasteiger partial charge in [-0.15, -0.1) is 0 Å². The Hall–Kier alpha value is -1.59. The summed E-state index contributed by atoms with van der Waals surface area (Å²) in [5.41, 5.74) is 0. The zero-order chi connectivity index (χ0) is 12.3. The van der Waals surface area contributed by atoms with Crippen molar-refractivity contribution in [2.45, 2.75) is 32.4 Å². The number of hydrogen-bond acceptors (Lipinski definition) is 3. The summed E-state index contributed by atoms with van der Waals surface area (Å²) in [6.07, 6.45) is 0.619. The summed E-state index contributed by atoms with van der Waals surface area (Å²) in [6.45, 7) is 3.55. The topological polar surface area (TPSA) is 78.5 Å². The highest BCUT2D eigenvalue weighted by atomic mass is 16.2. The minimum atomic E-state index is -0.601. The van der Waals surface area contributed by atoms with Crippen molar-refractivity contribution >= 4 is 17.7 Å². The molecule has 3 amide bonds. The lowest BCUT2D eigenvalue weighted by atomic mass is 10.2. The molecule has 1 aliphatic rings. The second-order valence-electron chi connectivity index (χ2n) is 3.97. The molecule has 0 bridgehead atoms. The van der Waals surface area contributed by atoms with Crippen molar-refractivity contribution in [3.8, 4) is 0 Å². The van der Waals surface area contributed by atoms with Gasteiger partial charge in [-0.1, -0.05) is 0 Å². The molecule has 1 heterocycles. The second-order valence-corrected chi connectivity index (χ2v) is 3.97. The fraction of sp³-hybridized carbons (Fsp3) is 0.700. The molecule has 0 aliphatic carbocycles. The molecule has 0 radical (unpaired) electrons. The molecule has 2 unspecified atom stereocenters. The van der Waals surface area contributed by atoms with E-state index < -0.39 is 12.1 Å². The molecule has 0 aromatic rings. The van der Waals surface area contributed by atoms with Crippen molar-refractivity contribution in [1.82, 2.24) is 15.5 Å². The summed E-state index contributed by atoms with van der Waals surface area (Å²) in [7, 11) is 1.58. The van der Waals surface area contributed by atoms with Gasteiger partial charge in [0.2, 0.25) is 17.7 Å². The van der Waals surface area contributed by atoms with Crippen LogP contribution in [0.25, 0.3) is 0 Å². The van der Waals surface area contributed by atoms with Gasteiger partial charge in [-0.2, -0.15) is 0 Å². The van der Waals surface area contributed by atoms with E-state index in [1.807, 2.05) is 0 Å². The minimum absolute atomic E-state index is 0.133. The Morgan fingerprint density at radius 2 is 2.19 bits per heavy atom. The third-order valence-corrected chi connectivity index (χ3v) is 2.62. The van der Waals surface area contributed by atoms with E-state index in [0.717, 1.165) is 0 Å². The third kappa shape index (κ3) is 2.71. The fourth-order valence-corrected chi connectivity index (χ4v) is 1.78. The van der Waals surface area contributed by atoms with Gasteiger partial charge in [0, 0.05) is 20.5 Å². The summed E-state index contributed by atoms with van der Waals surface area (Å²) < 4.78 is 0.